The standard InChI is InChI=1S/C24H22FN5O3/c25-18-5-3-4-17(16-18)23(32)29-12-14-30(15-13-29)24(33)28-20-9-7-19(8-10-20)27-22(31)21-6-1-2-11-26-21/h1-11,16H,12-15H2,(H,27,31)(H,28,33). The zero-order valence-electron chi connectivity index (χ0n) is 17.7. The Hall–Kier alpha value is -4.27. The summed E-state index contributed by atoms with van der Waals surface area (Å²) in [5.41, 5.74) is 1.76. The highest BCUT2D eigenvalue weighted by atomic mass is 19.1. The number of urea groups is 1. The fourth-order valence-electron chi connectivity index (χ4n) is 3.45. The molecule has 2 aromatic carbocycles. The van der Waals surface area contributed by atoms with Gasteiger partial charge in [-0.1, -0.05) is 12.1 Å². The number of piperazine rings is 1. The Morgan fingerprint density at radius 1 is 0.788 bits per heavy atom. The van der Waals surface area contributed by atoms with Crippen molar-refractivity contribution in [3.8, 4) is 0 Å². The van der Waals surface area contributed by atoms with E-state index >= 15 is 0 Å². The number of carbonyl (C=O) groups excluding carboxylic acids is 3. The van der Waals surface area contributed by atoms with E-state index in [-0.39, 0.29) is 17.8 Å². The molecule has 0 unspecified atom stereocenters. The zero-order chi connectivity index (χ0) is 23.2. The van der Waals surface area contributed by atoms with Gasteiger partial charge in [-0.05, 0) is 54.6 Å². The molecule has 3 aromatic rings. The quantitative estimate of drug-likeness (QED) is 0.640. The van der Waals surface area contributed by atoms with Crippen molar-refractivity contribution < 1.29 is 18.8 Å². The number of halogens is 1. The van der Waals surface area contributed by atoms with E-state index in [4.69, 9.17) is 0 Å². The van der Waals surface area contributed by atoms with Gasteiger partial charge >= 0.3 is 6.03 Å². The predicted molar refractivity (Wildman–Crippen MR) is 122 cm³/mol. The average molecular weight is 447 g/mol. The summed E-state index contributed by atoms with van der Waals surface area (Å²) in [6, 6.07) is 17.1. The molecule has 1 aromatic heterocycles. The van der Waals surface area contributed by atoms with Crippen LogP contribution in [0.25, 0.3) is 0 Å². The number of nitrogens with one attached hydrogen (secondary N) is 2. The molecule has 168 valence electrons. The van der Waals surface area contributed by atoms with Gasteiger partial charge in [0.05, 0.1) is 0 Å². The fourth-order valence-corrected chi connectivity index (χ4v) is 3.45. The molecular weight excluding hydrogens is 425 g/mol. The summed E-state index contributed by atoms with van der Waals surface area (Å²) in [5.74, 6) is -1.03. The van der Waals surface area contributed by atoms with Gasteiger partial charge in [0, 0.05) is 49.3 Å². The van der Waals surface area contributed by atoms with Gasteiger partial charge in [-0.2, -0.15) is 0 Å². The molecule has 1 saturated heterocycles. The zero-order valence-corrected chi connectivity index (χ0v) is 17.7. The maximum atomic E-state index is 13.4. The Kier molecular flexibility index (Phi) is 6.58. The van der Waals surface area contributed by atoms with Crippen molar-refractivity contribution >= 4 is 29.2 Å². The van der Waals surface area contributed by atoms with Crippen molar-refractivity contribution in [3.05, 3.63) is 90.0 Å². The van der Waals surface area contributed by atoms with E-state index in [9.17, 15) is 18.8 Å². The van der Waals surface area contributed by atoms with E-state index in [0.717, 1.165) is 0 Å². The lowest BCUT2D eigenvalue weighted by atomic mass is 10.2. The Balaban J connectivity index is 1.27. The Bertz CT molecular complexity index is 1150. The second-order valence-electron chi connectivity index (χ2n) is 7.47. The molecule has 4 amide bonds. The maximum absolute atomic E-state index is 13.4. The van der Waals surface area contributed by atoms with Gasteiger partial charge < -0.3 is 20.4 Å². The summed E-state index contributed by atoms with van der Waals surface area (Å²) in [4.78, 5) is 44.5. The largest absolute Gasteiger partial charge is 0.335 e. The van der Waals surface area contributed by atoms with E-state index in [1.54, 1.807) is 64.5 Å². The molecule has 2 heterocycles. The number of anilines is 2. The normalized spacial score (nSPS) is 13.4. The number of benzene rings is 2. The Morgan fingerprint density at radius 3 is 2.09 bits per heavy atom. The van der Waals surface area contributed by atoms with Crippen LogP contribution in [-0.2, 0) is 0 Å². The van der Waals surface area contributed by atoms with Crippen LogP contribution in [0.1, 0.15) is 20.8 Å². The molecule has 0 radical (unpaired) electrons. The van der Waals surface area contributed by atoms with E-state index in [2.05, 4.69) is 15.6 Å². The van der Waals surface area contributed by atoms with Crippen LogP contribution in [0.2, 0.25) is 0 Å². The topological polar surface area (TPSA) is 94.6 Å². The Labute approximate surface area is 190 Å². The first kappa shape index (κ1) is 21.9. The number of hydrogen-bond donors (Lipinski definition) is 2. The lowest BCUT2D eigenvalue weighted by Gasteiger charge is -2.34. The van der Waals surface area contributed by atoms with Crippen molar-refractivity contribution in [2.45, 2.75) is 0 Å². The minimum atomic E-state index is -0.457. The van der Waals surface area contributed by atoms with Crippen LogP contribution in [0.15, 0.2) is 72.9 Å². The number of nitrogens with zero attached hydrogens (tertiary/aromatic N) is 3. The van der Waals surface area contributed by atoms with Crippen molar-refractivity contribution in [1.82, 2.24) is 14.8 Å². The summed E-state index contributed by atoms with van der Waals surface area (Å²) in [6.07, 6.45) is 1.55. The molecule has 4 rings (SSSR count). The Morgan fingerprint density at radius 2 is 1.45 bits per heavy atom. The lowest BCUT2D eigenvalue weighted by Crippen LogP contribution is -2.51. The van der Waals surface area contributed by atoms with Gasteiger partial charge in [0.1, 0.15) is 11.5 Å². The van der Waals surface area contributed by atoms with Gasteiger partial charge in [-0.25, -0.2) is 9.18 Å². The van der Waals surface area contributed by atoms with Crippen LogP contribution in [0.3, 0.4) is 0 Å². The number of rotatable bonds is 4. The van der Waals surface area contributed by atoms with Gasteiger partial charge in [0.25, 0.3) is 11.8 Å². The molecule has 9 heteroatoms. The van der Waals surface area contributed by atoms with E-state index in [1.807, 2.05) is 0 Å². The summed E-state index contributed by atoms with van der Waals surface area (Å²) in [7, 11) is 0. The predicted octanol–water partition coefficient (Wildman–Crippen LogP) is 3.46. The SMILES string of the molecule is O=C(Nc1ccc(NC(=O)N2CCN(C(=O)c3cccc(F)c3)CC2)cc1)c1ccccn1. The number of hydrogen-bond acceptors (Lipinski definition) is 4. The molecule has 1 fully saturated rings. The summed E-state index contributed by atoms with van der Waals surface area (Å²) in [5, 5.41) is 5.56. The van der Waals surface area contributed by atoms with Crippen LogP contribution < -0.4 is 10.6 Å². The van der Waals surface area contributed by atoms with E-state index < -0.39 is 5.82 Å². The molecular formula is C24H22FN5O3. The number of carbonyl (C=O) groups is 3. The van der Waals surface area contributed by atoms with Gasteiger partial charge in [-0.15, -0.1) is 0 Å². The van der Waals surface area contributed by atoms with E-state index in [0.29, 0.717) is 48.8 Å². The molecule has 0 spiro atoms. The van der Waals surface area contributed by atoms with Gasteiger partial charge in [-0.3, -0.25) is 14.6 Å². The van der Waals surface area contributed by atoms with Crippen molar-refractivity contribution in [1.29, 1.82) is 0 Å². The highest BCUT2D eigenvalue weighted by Gasteiger charge is 2.25. The number of pyridine rings is 1. The lowest BCUT2D eigenvalue weighted by molar-refractivity contribution is 0.0671. The molecule has 0 aliphatic carbocycles. The summed E-state index contributed by atoms with van der Waals surface area (Å²) < 4.78 is 13.4. The molecule has 0 atom stereocenters. The van der Waals surface area contributed by atoms with Crippen LogP contribution in [0.5, 0.6) is 0 Å². The maximum Gasteiger partial charge on any atom is 0.321 e. The summed E-state index contributed by atoms with van der Waals surface area (Å²) >= 11 is 0. The molecule has 1 aliphatic heterocycles. The second-order valence-corrected chi connectivity index (χ2v) is 7.47. The van der Waals surface area contributed by atoms with Crippen molar-refractivity contribution in [3.63, 3.8) is 0 Å². The first-order valence-electron chi connectivity index (χ1n) is 10.4. The molecule has 1 aliphatic rings. The highest BCUT2D eigenvalue weighted by molar-refractivity contribution is 6.03. The first-order valence-corrected chi connectivity index (χ1v) is 10.4. The minimum absolute atomic E-state index is 0.252. The van der Waals surface area contributed by atoms with Crippen LogP contribution in [0.4, 0.5) is 20.6 Å². The fraction of sp³-hybridized carbons (Fsp3) is 0.167. The van der Waals surface area contributed by atoms with Crippen LogP contribution >= 0.6 is 0 Å². The minimum Gasteiger partial charge on any atom is -0.335 e. The number of amides is 4. The van der Waals surface area contributed by atoms with Crippen LogP contribution in [-0.4, -0.2) is 58.8 Å². The highest BCUT2D eigenvalue weighted by Crippen LogP contribution is 2.16. The summed E-state index contributed by atoms with van der Waals surface area (Å²) in [6.45, 7) is 1.46. The third-order valence-corrected chi connectivity index (χ3v) is 5.22. The van der Waals surface area contributed by atoms with Crippen molar-refractivity contribution in [2.24, 2.45) is 0 Å². The van der Waals surface area contributed by atoms with Gasteiger partial charge in [0.15, 0.2) is 0 Å². The third-order valence-electron chi connectivity index (χ3n) is 5.22. The number of aromatic nitrogens is 1. The second kappa shape index (κ2) is 9.90. The third kappa shape index (κ3) is 5.51. The first-order chi connectivity index (χ1) is 16.0. The van der Waals surface area contributed by atoms with Crippen LogP contribution in [0, 0.1) is 5.82 Å². The molecule has 2 N–H and O–H groups in total. The van der Waals surface area contributed by atoms with E-state index in [1.165, 1.54) is 18.2 Å². The average Bonchev–Trinajstić information content (AvgIpc) is 2.85. The molecule has 8 nitrogen and oxygen atoms in total. The molecule has 33 heavy (non-hydrogen) atoms. The molecule has 0 saturated carbocycles. The smallest absolute Gasteiger partial charge is 0.321 e. The van der Waals surface area contributed by atoms with Gasteiger partial charge in [0.2, 0.25) is 0 Å². The molecule has 0 bridgehead atoms. The van der Waals surface area contributed by atoms with Crippen molar-refractivity contribution in [2.75, 3.05) is 36.8 Å². The monoisotopic (exact) mass is 447 g/mol.